The molecule has 0 bridgehead atoms. The lowest BCUT2D eigenvalue weighted by molar-refractivity contribution is -0.119. The quantitative estimate of drug-likeness (QED) is 0.625. The molecule has 1 saturated heterocycles. The fraction of sp³-hybridized carbons (Fsp3) is 0.833. The Balaban J connectivity index is 2.79. The Labute approximate surface area is 148 Å². The van der Waals surface area contributed by atoms with Crippen molar-refractivity contribution in [1.82, 2.24) is 9.21 Å². The van der Waals surface area contributed by atoms with Crippen LogP contribution in [0.15, 0.2) is 12.2 Å². The summed E-state index contributed by atoms with van der Waals surface area (Å²) < 4.78 is 25.1. The van der Waals surface area contributed by atoms with Crippen LogP contribution in [0, 0.1) is 17.8 Å². The van der Waals surface area contributed by atoms with E-state index in [0.29, 0.717) is 25.2 Å². The molecule has 0 saturated carbocycles. The van der Waals surface area contributed by atoms with Gasteiger partial charge < -0.3 is 0 Å². The highest BCUT2D eigenvalue weighted by Gasteiger charge is 2.41. The van der Waals surface area contributed by atoms with Gasteiger partial charge in [-0.25, -0.2) is 12.7 Å². The van der Waals surface area contributed by atoms with Gasteiger partial charge in [-0.2, -0.15) is 0 Å². The third-order valence-corrected chi connectivity index (χ3v) is 6.18. The Kier molecular flexibility index (Phi) is 7.63. The Morgan fingerprint density at radius 1 is 1.12 bits per heavy atom. The molecular weight excluding hydrogens is 324 g/mol. The van der Waals surface area contributed by atoms with Crippen molar-refractivity contribution in [1.29, 1.82) is 0 Å². The fourth-order valence-electron chi connectivity index (χ4n) is 3.47. The molecular formula is C18H34N2O3S. The highest BCUT2D eigenvalue weighted by Crippen LogP contribution is 2.32. The maximum atomic E-state index is 12.6. The molecule has 24 heavy (non-hydrogen) atoms. The van der Waals surface area contributed by atoms with E-state index in [1.165, 1.54) is 10.6 Å². The minimum atomic E-state index is -3.24. The maximum Gasteiger partial charge on any atom is 0.211 e. The van der Waals surface area contributed by atoms with Crippen molar-refractivity contribution in [3.05, 3.63) is 12.2 Å². The molecule has 140 valence electrons. The summed E-state index contributed by atoms with van der Waals surface area (Å²) in [5, 5.41) is 0. The molecule has 1 unspecified atom stereocenters. The Morgan fingerprint density at radius 3 is 2.08 bits per heavy atom. The van der Waals surface area contributed by atoms with Gasteiger partial charge >= 0.3 is 0 Å². The first kappa shape index (κ1) is 21.3. The molecule has 1 rings (SSSR count). The summed E-state index contributed by atoms with van der Waals surface area (Å²) >= 11 is 0. The van der Waals surface area contributed by atoms with Gasteiger partial charge in [0.25, 0.3) is 0 Å². The average molecular weight is 359 g/mol. The van der Waals surface area contributed by atoms with Crippen molar-refractivity contribution in [2.75, 3.05) is 25.9 Å². The normalized spacial score (nSPS) is 23.5. The number of rotatable bonds is 8. The molecule has 1 heterocycles. The Bertz CT molecular complexity index is 545. The van der Waals surface area contributed by atoms with E-state index in [-0.39, 0.29) is 23.5 Å². The zero-order valence-electron chi connectivity index (χ0n) is 16.2. The molecule has 6 heteroatoms. The lowest BCUT2D eigenvalue weighted by Crippen LogP contribution is -2.37. The zero-order chi connectivity index (χ0) is 18.7. The first-order valence-corrected chi connectivity index (χ1v) is 10.7. The van der Waals surface area contributed by atoms with E-state index in [1.807, 2.05) is 6.08 Å². The second-order valence-corrected chi connectivity index (χ2v) is 9.77. The van der Waals surface area contributed by atoms with Crippen LogP contribution in [0.4, 0.5) is 0 Å². The van der Waals surface area contributed by atoms with Gasteiger partial charge in [0.05, 0.1) is 6.26 Å². The largest absolute Gasteiger partial charge is 0.295 e. The number of nitrogens with zero attached hydrogens (tertiary/aromatic N) is 2. The molecule has 1 aliphatic rings. The predicted molar refractivity (Wildman–Crippen MR) is 99.4 cm³/mol. The molecule has 0 spiro atoms. The molecule has 1 aliphatic heterocycles. The fourth-order valence-corrected chi connectivity index (χ4v) is 4.35. The number of allylic oxidation sites excluding steroid dienone is 1. The van der Waals surface area contributed by atoms with E-state index < -0.39 is 10.0 Å². The first-order valence-electron chi connectivity index (χ1n) is 8.86. The number of sulfonamides is 1. The summed E-state index contributed by atoms with van der Waals surface area (Å²) in [5.41, 5.74) is 0. The van der Waals surface area contributed by atoms with E-state index in [4.69, 9.17) is 0 Å². The van der Waals surface area contributed by atoms with Crippen LogP contribution in [-0.2, 0) is 14.8 Å². The Morgan fingerprint density at radius 2 is 1.67 bits per heavy atom. The van der Waals surface area contributed by atoms with Crippen LogP contribution < -0.4 is 0 Å². The van der Waals surface area contributed by atoms with Gasteiger partial charge in [0.2, 0.25) is 10.0 Å². The first-order chi connectivity index (χ1) is 10.9. The number of carbonyl (C=O) groups is 1. The third-order valence-electron chi connectivity index (χ3n) is 4.95. The predicted octanol–water partition coefficient (Wildman–Crippen LogP) is 2.39. The van der Waals surface area contributed by atoms with Gasteiger partial charge in [0.15, 0.2) is 5.78 Å². The lowest BCUT2D eigenvalue weighted by atomic mass is 9.83. The molecule has 5 nitrogen and oxygen atoms in total. The monoisotopic (exact) mass is 358 g/mol. The van der Waals surface area contributed by atoms with Crippen molar-refractivity contribution in [2.24, 2.45) is 17.8 Å². The van der Waals surface area contributed by atoms with E-state index in [1.54, 1.807) is 6.08 Å². The van der Waals surface area contributed by atoms with Gasteiger partial charge in [0, 0.05) is 37.6 Å². The summed E-state index contributed by atoms with van der Waals surface area (Å²) in [5.74, 6) is 0.180. The van der Waals surface area contributed by atoms with Gasteiger partial charge in [-0.1, -0.05) is 19.9 Å². The second kappa shape index (κ2) is 8.59. The van der Waals surface area contributed by atoms with Crippen LogP contribution in [0.3, 0.4) is 0 Å². The third kappa shape index (κ3) is 5.67. The molecule has 0 aromatic rings. The van der Waals surface area contributed by atoms with Crippen molar-refractivity contribution >= 4 is 15.8 Å². The van der Waals surface area contributed by atoms with E-state index in [9.17, 15) is 13.2 Å². The van der Waals surface area contributed by atoms with Gasteiger partial charge in [-0.05, 0) is 45.6 Å². The molecule has 0 aromatic heterocycles. The smallest absolute Gasteiger partial charge is 0.211 e. The van der Waals surface area contributed by atoms with Crippen LogP contribution in [0.1, 0.15) is 41.5 Å². The summed E-state index contributed by atoms with van der Waals surface area (Å²) in [4.78, 5) is 14.9. The molecule has 0 N–H and O–H groups in total. The lowest BCUT2D eigenvalue weighted by Gasteiger charge is -2.29. The number of hydrogen-bond acceptors (Lipinski definition) is 4. The van der Waals surface area contributed by atoms with Crippen molar-refractivity contribution in [3.63, 3.8) is 0 Å². The van der Waals surface area contributed by atoms with Gasteiger partial charge in [-0.3, -0.25) is 9.69 Å². The SMILES string of the molecule is CC(C)[C@H]1CN(S(C)(=O)=O)CC1C(=O)C=CCN(C(C)C)C(C)C. The van der Waals surface area contributed by atoms with Crippen molar-refractivity contribution < 1.29 is 13.2 Å². The number of ketones is 1. The highest BCUT2D eigenvalue weighted by atomic mass is 32.2. The van der Waals surface area contributed by atoms with E-state index in [0.717, 1.165) is 6.54 Å². The summed E-state index contributed by atoms with van der Waals surface area (Å²) in [6, 6.07) is 0.834. The molecule has 1 fully saturated rings. The van der Waals surface area contributed by atoms with Gasteiger partial charge in [0.1, 0.15) is 0 Å². The molecule has 0 radical (unpaired) electrons. The minimum absolute atomic E-state index is 0.0484. The van der Waals surface area contributed by atoms with E-state index in [2.05, 4.69) is 46.4 Å². The van der Waals surface area contributed by atoms with Crippen LogP contribution >= 0.6 is 0 Å². The molecule has 0 aliphatic carbocycles. The van der Waals surface area contributed by atoms with Crippen LogP contribution in [0.5, 0.6) is 0 Å². The standard InChI is InChI=1S/C18H34N2O3S/c1-13(2)16-11-19(24(7,22)23)12-17(16)18(21)9-8-10-20(14(3)4)15(5)6/h8-9,13-17H,10-12H2,1-7H3/t16-,17?/m1/s1. The average Bonchev–Trinajstić information content (AvgIpc) is 2.87. The van der Waals surface area contributed by atoms with E-state index >= 15 is 0 Å². The van der Waals surface area contributed by atoms with Crippen LogP contribution in [0.25, 0.3) is 0 Å². The van der Waals surface area contributed by atoms with Crippen molar-refractivity contribution in [2.45, 2.75) is 53.6 Å². The van der Waals surface area contributed by atoms with Crippen molar-refractivity contribution in [3.8, 4) is 0 Å². The summed E-state index contributed by atoms with van der Waals surface area (Å²) in [6.07, 6.45) is 4.79. The van der Waals surface area contributed by atoms with Crippen LogP contribution in [-0.4, -0.2) is 61.4 Å². The maximum absolute atomic E-state index is 12.6. The highest BCUT2D eigenvalue weighted by molar-refractivity contribution is 7.88. The number of hydrogen-bond donors (Lipinski definition) is 0. The molecule has 2 atom stereocenters. The minimum Gasteiger partial charge on any atom is -0.295 e. The topological polar surface area (TPSA) is 57.7 Å². The zero-order valence-corrected chi connectivity index (χ0v) is 17.0. The molecule has 0 aromatic carbocycles. The summed E-state index contributed by atoms with van der Waals surface area (Å²) in [6.45, 7) is 14.2. The summed E-state index contributed by atoms with van der Waals surface area (Å²) in [7, 11) is -3.24. The van der Waals surface area contributed by atoms with Gasteiger partial charge in [-0.15, -0.1) is 0 Å². The second-order valence-electron chi connectivity index (χ2n) is 7.78. The number of carbonyl (C=O) groups excluding carboxylic acids is 1. The Hall–Kier alpha value is -0.720. The van der Waals surface area contributed by atoms with Crippen LogP contribution in [0.2, 0.25) is 0 Å². The molecule has 0 amide bonds.